The van der Waals surface area contributed by atoms with E-state index in [0.717, 1.165) is 5.56 Å². The molecule has 0 atom stereocenters. The Morgan fingerprint density at radius 2 is 1.80 bits per heavy atom. The van der Waals surface area contributed by atoms with Gasteiger partial charge in [0.15, 0.2) is 0 Å². The van der Waals surface area contributed by atoms with E-state index < -0.39 is 0 Å². The molecule has 1 aliphatic heterocycles. The standard InChI is InChI=1S/C20H20ClN3O/c1-20(2,3)23-19-22-17(12-14-8-5-4-6-9-14)18(25)24(19)16-11-7-10-15(21)13-16/h4-13H,1-3H3,(H,22,23)/b17-12+. The summed E-state index contributed by atoms with van der Waals surface area (Å²) in [7, 11) is 0. The van der Waals surface area contributed by atoms with Crippen LogP contribution in [0, 0.1) is 0 Å². The maximum Gasteiger partial charge on any atom is 0.281 e. The SMILES string of the molecule is CC(C)(C)N=C1N/C(=C/c2ccccc2)C(=O)N1c1cccc(Cl)c1. The van der Waals surface area contributed by atoms with Crippen molar-refractivity contribution in [2.24, 2.45) is 4.99 Å². The van der Waals surface area contributed by atoms with Crippen LogP contribution in [0.4, 0.5) is 5.69 Å². The number of hydrogen-bond donors (Lipinski definition) is 1. The van der Waals surface area contributed by atoms with Gasteiger partial charge in [0.2, 0.25) is 5.96 Å². The summed E-state index contributed by atoms with van der Waals surface area (Å²) in [4.78, 5) is 19.2. The highest BCUT2D eigenvalue weighted by molar-refractivity contribution is 6.32. The van der Waals surface area contributed by atoms with E-state index in [-0.39, 0.29) is 11.4 Å². The molecule has 2 aromatic rings. The van der Waals surface area contributed by atoms with Gasteiger partial charge in [-0.25, -0.2) is 9.89 Å². The van der Waals surface area contributed by atoms with Crippen LogP contribution < -0.4 is 10.2 Å². The van der Waals surface area contributed by atoms with E-state index in [4.69, 9.17) is 11.6 Å². The molecule has 0 aromatic heterocycles. The average molecular weight is 354 g/mol. The fourth-order valence-corrected chi connectivity index (χ4v) is 2.70. The summed E-state index contributed by atoms with van der Waals surface area (Å²) in [6.45, 7) is 5.96. The van der Waals surface area contributed by atoms with Crippen LogP contribution in [0.2, 0.25) is 5.02 Å². The van der Waals surface area contributed by atoms with Crippen molar-refractivity contribution in [3.63, 3.8) is 0 Å². The van der Waals surface area contributed by atoms with Gasteiger partial charge in [0.1, 0.15) is 5.70 Å². The first-order valence-electron chi connectivity index (χ1n) is 8.07. The Kier molecular flexibility index (Phi) is 4.64. The Labute approximate surface area is 152 Å². The first kappa shape index (κ1) is 17.2. The molecule has 128 valence electrons. The summed E-state index contributed by atoms with van der Waals surface area (Å²) in [5.74, 6) is 0.344. The molecule has 25 heavy (non-hydrogen) atoms. The summed E-state index contributed by atoms with van der Waals surface area (Å²) >= 11 is 6.11. The fourth-order valence-electron chi connectivity index (χ4n) is 2.51. The molecule has 0 radical (unpaired) electrons. The van der Waals surface area contributed by atoms with E-state index in [0.29, 0.717) is 22.4 Å². The van der Waals surface area contributed by atoms with Gasteiger partial charge in [-0.05, 0) is 50.6 Å². The first-order valence-corrected chi connectivity index (χ1v) is 8.45. The van der Waals surface area contributed by atoms with Gasteiger partial charge in [0.05, 0.1) is 11.2 Å². The quantitative estimate of drug-likeness (QED) is 0.809. The van der Waals surface area contributed by atoms with Crippen molar-refractivity contribution in [3.05, 3.63) is 70.9 Å². The lowest BCUT2D eigenvalue weighted by Gasteiger charge is -2.19. The Hall–Kier alpha value is -2.59. The number of aliphatic imine (C=N–C) groups is 1. The van der Waals surface area contributed by atoms with Gasteiger partial charge in [-0.2, -0.15) is 0 Å². The highest BCUT2D eigenvalue weighted by Gasteiger charge is 2.34. The van der Waals surface area contributed by atoms with Crippen LogP contribution in [0.5, 0.6) is 0 Å². The molecule has 2 aromatic carbocycles. The molecule has 0 unspecified atom stereocenters. The van der Waals surface area contributed by atoms with Crippen LogP contribution in [-0.2, 0) is 4.79 Å². The Bertz CT molecular complexity index is 851. The molecule has 0 aliphatic carbocycles. The van der Waals surface area contributed by atoms with Crippen LogP contribution in [0.3, 0.4) is 0 Å². The maximum absolute atomic E-state index is 13.0. The number of hydrogen-bond acceptors (Lipinski definition) is 2. The largest absolute Gasteiger partial charge is 0.321 e. The average Bonchev–Trinajstić information content (AvgIpc) is 2.82. The molecule has 1 N–H and O–H groups in total. The number of benzene rings is 2. The molecule has 0 saturated carbocycles. The third-order valence-electron chi connectivity index (χ3n) is 3.51. The number of nitrogens with zero attached hydrogens (tertiary/aromatic N) is 2. The lowest BCUT2D eigenvalue weighted by molar-refractivity contribution is -0.113. The number of anilines is 1. The van der Waals surface area contributed by atoms with Gasteiger partial charge in [0.25, 0.3) is 5.91 Å². The van der Waals surface area contributed by atoms with Crippen molar-refractivity contribution in [1.82, 2.24) is 5.32 Å². The van der Waals surface area contributed by atoms with Crippen LogP contribution >= 0.6 is 11.6 Å². The number of guanidine groups is 1. The van der Waals surface area contributed by atoms with E-state index >= 15 is 0 Å². The molecular formula is C20H20ClN3O. The summed E-state index contributed by atoms with van der Waals surface area (Å²) in [6, 6.07) is 16.9. The molecule has 5 heteroatoms. The van der Waals surface area contributed by atoms with Gasteiger partial charge in [-0.3, -0.25) is 4.79 Å². The van der Waals surface area contributed by atoms with Crippen LogP contribution in [0.15, 0.2) is 65.3 Å². The van der Waals surface area contributed by atoms with Crippen molar-refractivity contribution in [3.8, 4) is 0 Å². The van der Waals surface area contributed by atoms with E-state index in [1.54, 1.807) is 17.0 Å². The van der Waals surface area contributed by atoms with Gasteiger partial charge in [-0.15, -0.1) is 0 Å². The Morgan fingerprint density at radius 1 is 1.08 bits per heavy atom. The fraction of sp³-hybridized carbons (Fsp3) is 0.200. The van der Waals surface area contributed by atoms with Gasteiger partial charge in [-0.1, -0.05) is 48.0 Å². The van der Waals surface area contributed by atoms with Crippen LogP contribution in [-0.4, -0.2) is 17.4 Å². The second kappa shape index (κ2) is 6.73. The first-order chi connectivity index (χ1) is 11.8. The zero-order valence-electron chi connectivity index (χ0n) is 14.5. The second-order valence-corrected chi connectivity index (χ2v) is 7.26. The van der Waals surface area contributed by atoms with Crippen molar-refractivity contribution in [2.75, 3.05) is 4.90 Å². The predicted molar refractivity (Wildman–Crippen MR) is 104 cm³/mol. The minimum absolute atomic E-state index is 0.158. The van der Waals surface area contributed by atoms with Crippen molar-refractivity contribution in [2.45, 2.75) is 26.3 Å². The Balaban J connectivity index is 2.06. The zero-order chi connectivity index (χ0) is 18.0. The highest BCUT2D eigenvalue weighted by atomic mass is 35.5. The van der Waals surface area contributed by atoms with E-state index in [9.17, 15) is 4.79 Å². The minimum atomic E-state index is -0.332. The zero-order valence-corrected chi connectivity index (χ0v) is 15.2. The van der Waals surface area contributed by atoms with E-state index in [1.807, 2.05) is 69.3 Å². The van der Waals surface area contributed by atoms with Gasteiger partial charge in [0, 0.05) is 5.02 Å². The normalized spacial score (nSPS) is 18.1. The Morgan fingerprint density at radius 3 is 2.44 bits per heavy atom. The second-order valence-electron chi connectivity index (χ2n) is 6.82. The molecule has 1 aliphatic rings. The predicted octanol–water partition coefficient (Wildman–Crippen LogP) is 4.47. The van der Waals surface area contributed by atoms with Crippen molar-refractivity contribution in [1.29, 1.82) is 0 Å². The molecular weight excluding hydrogens is 334 g/mol. The summed E-state index contributed by atoms with van der Waals surface area (Å²) in [6.07, 6.45) is 1.82. The van der Waals surface area contributed by atoms with Crippen LogP contribution in [0.1, 0.15) is 26.3 Å². The topological polar surface area (TPSA) is 44.7 Å². The van der Waals surface area contributed by atoms with Crippen LogP contribution in [0.25, 0.3) is 6.08 Å². The third-order valence-corrected chi connectivity index (χ3v) is 3.75. The number of carbonyl (C=O) groups excluding carboxylic acids is 1. The summed E-state index contributed by atoms with van der Waals surface area (Å²) in [5.41, 5.74) is 1.78. The lowest BCUT2D eigenvalue weighted by atomic mass is 10.1. The van der Waals surface area contributed by atoms with E-state index in [1.165, 1.54) is 0 Å². The molecule has 0 bridgehead atoms. The summed E-state index contributed by atoms with van der Waals surface area (Å²) < 4.78 is 0. The smallest absolute Gasteiger partial charge is 0.281 e. The van der Waals surface area contributed by atoms with Gasteiger partial charge >= 0.3 is 0 Å². The number of halogens is 1. The maximum atomic E-state index is 13.0. The van der Waals surface area contributed by atoms with Gasteiger partial charge < -0.3 is 5.32 Å². The molecule has 1 saturated heterocycles. The molecule has 1 amide bonds. The lowest BCUT2D eigenvalue weighted by Crippen LogP contribution is -2.34. The third kappa shape index (κ3) is 4.09. The molecule has 3 rings (SSSR count). The number of rotatable bonds is 2. The van der Waals surface area contributed by atoms with Crippen molar-refractivity contribution < 1.29 is 4.79 Å². The number of amides is 1. The molecule has 0 spiro atoms. The molecule has 1 heterocycles. The monoisotopic (exact) mass is 353 g/mol. The number of nitrogens with one attached hydrogen (secondary N) is 1. The van der Waals surface area contributed by atoms with E-state index in [2.05, 4.69) is 10.3 Å². The molecule has 4 nitrogen and oxygen atoms in total. The number of carbonyl (C=O) groups is 1. The highest BCUT2D eigenvalue weighted by Crippen LogP contribution is 2.26. The van der Waals surface area contributed by atoms with Crippen molar-refractivity contribution >= 4 is 35.2 Å². The summed E-state index contributed by atoms with van der Waals surface area (Å²) in [5, 5.41) is 3.73. The molecule has 1 fully saturated rings. The minimum Gasteiger partial charge on any atom is -0.321 e.